The Morgan fingerprint density at radius 1 is 1.00 bits per heavy atom. The van der Waals surface area contributed by atoms with Gasteiger partial charge in [0.15, 0.2) is 0 Å². The normalized spacial score (nSPS) is 12.0. The highest BCUT2D eigenvalue weighted by Crippen LogP contribution is 2.41. The molecule has 0 fully saturated rings. The van der Waals surface area contributed by atoms with Crippen molar-refractivity contribution >= 4 is 60.0 Å². The third-order valence-electron chi connectivity index (χ3n) is 7.85. The van der Waals surface area contributed by atoms with E-state index in [0.717, 1.165) is 10.6 Å². The van der Waals surface area contributed by atoms with Crippen molar-refractivity contribution in [2.45, 2.75) is 0 Å². The predicted octanol–water partition coefficient (Wildman–Crippen LogP) is 5.44. The highest BCUT2D eigenvalue weighted by molar-refractivity contribution is 7.92. The van der Waals surface area contributed by atoms with Crippen LogP contribution in [0.1, 0.15) is 10.4 Å². The van der Waals surface area contributed by atoms with Gasteiger partial charge >= 0.3 is 5.69 Å². The molecule has 226 valence electrons. The summed E-state index contributed by atoms with van der Waals surface area (Å²) in [7, 11) is -0.952. The summed E-state index contributed by atoms with van der Waals surface area (Å²) in [6.07, 6.45) is 1.05. The first-order chi connectivity index (χ1) is 21.5. The van der Waals surface area contributed by atoms with Gasteiger partial charge in [-0.2, -0.15) is 0 Å². The molecule has 0 bridgehead atoms. The average molecular weight is 628 g/mol. The molecule has 0 saturated carbocycles. The van der Waals surface area contributed by atoms with E-state index in [2.05, 4.69) is 10.3 Å². The number of rotatable bonds is 5. The van der Waals surface area contributed by atoms with Crippen LogP contribution >= 0.6 is 0 Å². The van der Waals surface area contributed by atoms with Crippen LogP contribution in [0.4, 0.5) is 14.5 Å². The maximum atomic E-state index is 14.7. The fourth-order valence-corrected chi connectivity index (χ4v) is 6.10. The summed E-state index contributed by atoms with van der Waals surface area (Å²) < 4.78 is 62.5. The minimum Gasteiger partial charge on any atom is -0.455 e. The number of halogens is 2. The largest absolute Gasteiger partial charge is 0.455 e. The van der Waals surface area contributed by atoms with Gasteiger partial charge in [-0.05, 0) is 60.7 Å². The molecule has 3 aromatic carbocycles. The highest BCUT2D eigenvalue weighted by atomic mass is 32.2. The molecule has 0 aliphatic rings. The van der Waals surface area contributed by atoms with Crippen LogP contribution in [0.5, 0.6) is 0 Å². The molecule has 10 nitrogen and oxygen atoms in total. The van der Waals surface area contributed by atoms with Crippen molar-refractivity contribution in [1.29, 1.82) is 0 Å². The molecule has 7 aromatic rings. The Kier molecular flexibility index (Phi) is 6.27. The van der Waals surface area contributed by atoms with Gasteiger partial charge in [0.25, 0.3) is 5.91 Å². The van der Waals surface area contributed by atoms with Crippen LogP contribution in [-0.2, 0) is 10.0 Å². The van der Waals surface area contributed by atoms with Crippen LogP contribution in [0, 0.1) is 11.6 Å². The number of H-pyrrole nitrogens is 1. The Bertz CT molecular complexity index is 2540. The SMILES string of the molecule is CNC(=O)c1c(-c2ccc(F)cc2)oc2cc(N(C)S(C)(=O)=O)c(-c3ccc4[nH]c(=O)n5c6cccc(F)c6cc5c4n3)cc12. The first-order valence-electron chi connectivity index (χ1n) is 13.6. The van der Waals surface area contributed by atoms with Gasteiger partial charge in [0, 0.05) is 42.1 Å². The second-order valence-corrected chi connectivity index (χ2v) is 12.6. The smallest absolute Gasteiger partial charge is 0.331 e. The van der Waals surface area contributed by atoms with E-state index >= 15 is 0 Å². The number of anilines is 1. The molecule has 0 saturated heterocycles. The highest BCUT2D eigenvalue weighted by Gasteiger charge is 2.26. The van der Waals surface area contributed by atoms with Crippen LogP contribution in [-0.4, -0.2) is 49.0 Å². The monoisotopic (exact) mass is 627 g/mol. The van der Waals surface area contributed by atoms with E-state index in [1.54, 1.807) is 30.3 Å². The van der Waals surface area contributed by atoms with Gasteiger partial charge in [-0.3, -0.25) is 13.5 Å². The zero-order valence-electron chi connectivity index (χ0n) is 24.0. The number of hydrogen-bond donors (Lipinski definition) is 2. The van der Waals surface area contributed by atoms with Crippen LogP contribution in [0.25, 0.3) is 61.0 Å². The van der Waals surface area contributed by atoms with Crippen molar-refractivity contribution in [2.24, 2.45) is 0 Å². The summed E-state index contributed by atoms with van der Waals surface area (Å²) in [5.74, 6) is -1.27. The molecular weight excluding hydrogens is 604 g/mol. The number of nitrogens with one attached hydrogen (secondary N) is 2. The molecule has 0 atom stereocenters. The van der Waals surface area contributed by atoms with Crippen molar-refractivity contribution in [3.63, 3.8) is 0 Å². The van der Waals surface area contributed by atoms with Gasteiger partial charge in [-0.15, -0.1) is 0 Å². The van der Waals surface area contributed by atoms with E-state index in [9.17, 15) is 26.8 Å². The average Bonchev–Trinajstić information content (AvgIpc) is 3.60. The summed E-state index contributed by atoms with van der Waals surface area (Å²) in [5.41, 5.74) is 2.60. The Hall–Kier alpha value is -5.56. The molecular formula is C32H23F2N5O5S. The van der Waals surface area contributed by atoms with Crippen LogP contribution in [0.3, 0.4) is 0 Å². The summed E-state index contributed by atoms with van der Waals surface area (Å²) in [4.78, 5) is 33.8. The number of carbonyl (C=O) groups excluding carboxylic acids is 1. The van der Waals surface area contributed by atoms with E-state index in [1.165, 1.54) is 61.0 Å². The molecule has 0 unspecified atom stereocenters. The van der Waals surface area contributed by atoms with Crippen molar-refractivity contribution in [3.05, 3.63) is 100 Å². The summed E-state index contributed by atoms with van der Waals surface area (Å²) in [6.45, 7) is 0. The molecule has 0 radical (unpaired) electrons. The molecule has 4 heterocycles. The lowest BCUT2D eigenvalue weighted by atomic mass is 10.0. The predicted molar refractivity (Wildman–Crippen MR) is 168 cm³/mol. The van der Waals surface area contributed by atoms with Crippen LogP contribution in [0.2, 0.25) is 0 Å². The van der Waals surface area contributed by atoms with Gasteiger partial charge in [0.2, 0.25) is 10.0 Å². The molecule has 0 aliphatic carbocycles. The van der Waals surface area contributed by atoms with Crippen LogP contribution < -0.4 is 15.3 Å². The number of hydrogen-bond acceptors (Lipinski definition) is 6. The Balaban J connectivity index is 1.56. The number of pyridine rings is 1. The van der Waals surface area contributed by atoms with E-state index in [0.29, 0.717) is 44.3 Å². The van der Waals surface area contributed by atoms with E-state index in [-0.39, 0.29) is 28.0 Å². The molecule has 2 N–H and O–H groups in total. The third-order valence-corrected chi connectivity index (χ3v) is 9.05. The second kappa shape index (κ2) is 9.99. The van der Waals surface area contributed by atoms with Gasteiger partial charge in [-0.1, -0.05) is 6.07 Å². The van der Waals surface area contributed by atoms with E-state index < -0.39 is 33.3 Å². The number of furan rings is 1. The number of amides is 1. The first-order valence-corrected chi connectivity index (χ1v) is 15.5. The number of carbonyl (C=O) groups is 1. The molecule has 45 heavy (non-hydrogen) atoms. The number of aromatic nitrogens is 3. The van der Waals surface area contributed by atoms with Crippen molar-refractivity contribution in [1.82, 2.24) is 19.7 Å². The number of sulfonamides is 1. The third kappa shape index (κ3) is 4.42. The summed E-state index contributed by atoms with van der Waals surface area (Å²) in [5, 5.41) is 3.21. The number of nitrogens with zero attached hydrogens (tertiary/aromatic N) is 3. The van der Waals surface area contributed by atoms with Gasteiger partial charge in [0.05, 0.1) is 39.8 Å². The van der Waals surface area contributed by atoms with Gasteiger partial charge in [0.1, 0.15) is 28.5 Å². The molecule has 4 aromatic heterocycles. The number of fused-ring (bicyclic) bond motifs is 6. The summed E-state index contributed by atoms with van der Waals surface area (Å²) >= 11 is 0. The number of aromatic amines is 1. The zero-order chi connectivity index (χ0) is 31.8. The standard InChI is InChI=1S/C32H23F2N5O5S/c1-35-31(40)28-20-13-19(25(38(2)45(3,42)43)15-27(20)44-30(28)16-7-9-17(33)10-8-16)22-11-12-23-29(36-22)26-14-18-21(34)5-4-6-24(18)39(26)32(41)37-23/h4-15H,1-3H3,(H,35,40)(H,37,41). The molecule has 1 amide bonds. The fourth-order valence-electron chi connectivity index (χ4n) is 5.60. The molecule has 0 spiro atoms. The minimum atomic E-state index is -3.79. The quantitative estimate of drug-likeness (QED) is 0.261. The number of benzene rings is 3. The lowest BCUT2D eigenvalue weighted by Gasteiger charge is -2.20. The zero-order valence-corrected chi connectivity index (χ0v) is 24.8. The maximum absolute atomic E-state index is 14.7. The first kappa shape index (κ1) is 28.2. The summed E-state index contributed by atoms with van der Waals surface area (Å²) in [6, 6.07) is 17.8. The molecule has 7 rings (SSSR count). The van der Waals surface area contributed by atoms with Crippen molar-refractivity contribution in [3.8, 4) is 22.6 Å². The Morgan fingerprint density at radius 2 is 1.76 bits per heavy atom. The lowest BCUT2D eigenvalue weighted by molar-refractivity contribution is 0.0964. The maximum Gasteiger partial charge on any atom is 0.331 e. The van der Waals surface area contributed by atoms with E-state index in [1.807, 2.05) is 0 Å². The Morgan fingerprint density at radius 3 is 2.47 bits per heavy atom. The van der Waals surface area contributed by atoms with Crippen molar-refractivity contribution in [2.75, 3.05) is 24.7 Å². The van der Waals surface area contributed by atoms with Crippen molar-refractivity contribution < 1.29 is 26.4 Å². The van der Waals surface area contributed by atoms with Crippen LogP contribution in [0.15, 0.2) is 82.0 Å². The van der Waals surface area contributed by atoms with E-state index in [4.69, 9.17) is 9.40 Å². The minimum absolute atomic E-state index is 0.162. The topological polar surface area (TPSA) is 130 Å². The second-order valence-electron chi connectivity index (χ2n) is 10.5. The molecule has 0 aliphatic heterocycles. The van der Waals surface area contributed by atoms with Gasteiger partial charge < -0.3 is 14.7 Å². The molecule has 13 heteroatoms. The Labute approximate surface area is 253 Å². The van der Waals surface area contributed by atoms with Gasteiger partial charge in [-0.25, -0.2) is 27.0 Å². The lowest BCUT2D eigenvalue weighted by Crippen LogP contribution is -2.25. The fraction of sp³-hybridized carbons (Fsp3) is 0.0938.